The zero-order valence-corrected chi connectivity index (χ0v) is 18.9. The summed E-state index contributed by atoms with van der Waals surface area (Å²) in [6, 6.07) is 12.6. The van der Waals surface area contributed by atoms with Gasteiger partial charge in [0.2, 0.25) is 0 Å². The molecule has 1 aliphatic rings. The molecule has 2 heterocycles. The fourth-order valence-electron chi connectivity index (χ4n) is 4.01. The summed E-state index contributed by atoms with van der Waals surface area (Å²) >= 11 is 1.05. The molecule has 0 radical (unpaired) electrons. The standard InChI is InChI=1S/C25H22F4N2O2S/c26-22-5-4-21(34-23-15-19(6-9-30-23)25(27,28)29)14-18(22)12-16-7-10-31(11-8-16)24(33)17-2-1-3-20(32)13-17/h1-6,9,13-16,32H,7-8,10-12H2. The minimum atomic E-state index is -4.46. The van der Waals surface area contributed by atoms with E-state index in [0.717, 1.165) is 30.1 Å². The van der Waals surface area contributed by atoms with E-state index in [2.05, 4.69) is 4.98 Å². The molecule has 1 amide bonds. The molecule has 0 spiro atoms. The Bertz CT molecular complexity index is 1180. The monoisotopic (exact) mass is 490 g/mol. The molecule has 0 aliphatic carbocycles. The van der Waals surface area contributed by atoms with Crippen LogP contribution in [0.4, 0.5) is 17.6 Å². The highest BCUT2D eigenvalue weighted by Crippen LogP contribution is 2.34. The number of phenols is 1. The number of phenolic OH excluding ortho intramolecular Hbond substituents is 1. The van der Waals surface area contributed by atoms with Gasteiger partial charge >= 0.3 is 6.18 Å². The molecule has 9 heteroatoms. The number of nitrogens with zero attached hydrogens (tertiary/aromatic N) is 2. The molecule has 1 aromatic heterocycles. The van der Waals surface area contributed by atoms with Crippen molar-refractivity contribution in [2.24, 2.45) is 5.92 Å². The van der Waals surface area contributed by atoms with Gasteiger partial charge in [-0.05, 0) is 79.3 Å². The third kappa shape index (κ3) is 5.88. The van der Waals surface area contributed by atoms with E-state index in [1.165, 1.54) is 24.3 Å². The number of hydrogen-bond donors (Lipinski definition) is 1. The largest absolute Gasteiger partial charge is 0.508 e. The van der Waals surface area contributed by atoms with Crippen molar-refractivity contribution in [2.45, 2.75) is 35.4 Å². The second kappa shape index (κ2) is 10.0. The van der Waals surface area contributed by atoms with Gasteiger partial charge in [-0.25, -0.2) is 9.37 Å². The predicted octanol–water partition coefficient (Wildman–Crippen LogP) is 6.19. The number of benzene rings is 2. The molecule has 1 fully saturated rings. The molecular weight excluding hydrogens is 468 g/mol. The second-order valence-corrected chi connectivity index (χ2v) is 9.32. The summed E-state index contributed by atoms with van der Waals surface area (Å²) in [7, 11) is 0. The summed E-state index contributed by atoms with van der Waals surface area (Å²) in [5, 5.41) is 9.78. The lowest BCUT2D eigenvalue weighted by atomic mass is 9.89. The van der Waals surface area contributed by atoms with E-state index in [9.17, 15) is 27.5 Å². The minimum absolute atomic E-state index is 0.0364. The maximum Gasteiger partial charge on any atom is 0.416 e. The second-order valence-electron chi connectivity index (χ2n) is 8.23. The minimum Gasteiger partial charge on any atom is -0.508 e. The average molecular weight is 491 g/mol. The lowest BCUT2D eigenvalue weighted by Gasteiger charge is -2.32. The van der Waals surface area contributed by atoms with Gasteiger partial charge in [-0.2, -0.15) is 13.2 Å². The number of carbonyl (C=O) groups excluding carboxylic acids is 1. The first-order chi connectivity index (χ1) is 16.2. The Morgan fingerprint density at radius 3 is 2.56 bits per heavy atom. The smallest absolute Gasteiger partial charge is 0.416 e. The summed E-state index contributed by atoms with van der Waals surface area (Å²) < 4.78 is 53.3. The maximum absolute atomic E-state index is 14.5. The number of piperidine rings is 1. The molecule has 34 heavy (non-hydrogen) atoms. The number of aromatic hydroxyl groups is 1. The van der Waals surface area contributed by atoms with E-state index in [4.69, 9.17) is 0 Å². The van der Waals surface area contributed by atoms with E-state index < -0.39 is 11.7 Å². The van der Waals surface area contributed by atoms with Gasteiger partial charge in [-0.3, -0.25) is 4.79 Å². The van der Waals surface area contributed by atoms with Crippen molar-refractivity contribution in [2.75, 3.05) is 13.1 Å². The van der Waals surface area contributed by atoms with Crippen LogP contribution in [0.25, 0.3) is 0 Å². The zero-order chi connectivity index (χ0) is 24.3. The highest BCUT2D eigenvalue weighted by molar-refractivity contribution is 7.99. The van der Waals surface area contributed by atoms with Gasteiger partial charge in [0.1, 0.15) is 16.6 Å². The van der Waals surface area contributed by atoms with Gasteiger partial charge < -0.3 is 10.0 Å². The molecule has 4 nitrogen and oxygen atoms in total. The van der Waals surface area contributed by atoms with Crippen molar-refractivity contribution in [3.8, 4) is 5.75 Å². The van der Waals surface area contributed by atoms with Gasteiger partial charge in [0, 0.05) is 29.7 Å². The number of halogens is 4. The van der Waals surface area contributed by atoms with Crippen molar-refractivity contribution >= 4 is 17.7 Å². The van der Waals surface area contributed by atoms with E-state index >= 15 is 0 Å². The van der Waals surface area contributed by atoms with Crippen LogP contribution in [-0.4, -0.2) is 34.0 Å². The SMILES string of the molecule is O=C(c1cccc(O)c1)N1CCC(Cc2cc(Sc3cc(C(F)(F)F)ccn3)ccc2F)CC1. The van der Waals surface area contributed by atoms with Crippen LogP contribution in [0.15, 0.2) is 70.7 Å². The predicted molar refractivity (Wildman–Crippen MR) is 120 cm³/mol. The third-order valence-electron chi connectivity index (χ3n) is 5.81. The topological polar surface area (TPSA) is 53.4 Å². The molecule has 3 aromatic rings. The lowest BCUT2D eigenvalue weighted by molar-refractivity contribution is -0.137. The van der Waals surface area contributed by atoms with Crippen LogP contribution in [0.2, 0.25) is 0 Å². The highest BCUT2D eigenvalue weighted by Gasteiger charge is 2.31. The summed E-state index contributed by atoms with van der Waals surface area (Å²) in [6.07, 6.45) is -1.46. The first-order valence-electron chi connectivity index (χ1n) is 10.8. The molecule has 0 saturated carbocycles. The summed E-state index contributed by atoms with van der Waals surface area (Å²) in [5.74, 6) is -0.295. The van der Waals surface area contributed by atoms with Crippen LogP contribution >= 0.6 is 11.8 Å². The molecular formula is C25H22F4N2O2S. The third-order valence-corrected chi connectivity index (χ3v) is 6.73. The average Bonchev–Trinajstić information content (AvgIpc) is 2.81. The molecule has 0 atom stereocenters. The van der Waals surface area contributed by atoms with Crippen LogP contribution in [0.3, 0.4) is 0 Å². The van der Waals surface area contributed by atoms with Crippen molar-refractivity contribution in [1.29, 1.82) is 0 Å². The van der Waals surface area contributed by atoms with Crippen molar-refractivity contribution in [3.63, 3.8) is 0 Å². The Balaban J connectivity index is 1.38. The van der Waals surface area contributed by atoms with Crippen LogP contribution in [-0.2, 0) is 12.6 Å². The molecule has 2 aromatic carbocycles. The Morgan fingerprint density at radius 1 is 1.09 bits per heavy atom. The first-order valence-corrected chi connectivity index (χ1v) is 11.6. The van der Waals surface area contributed by atoms with Crippen LogP contribution < -0.4 is 0 Å². The molecule has 1 aliphatic heterocycles. The Labute approximate surface area is 198 Å². The van der Waals surface area contributed by atoms with Gasteiger partial charge in [0.25, 0.3) is 5.91 Å². The molecule has 4 rings (SSSR count). The van der Waals surface area contributed by atoms with E-state index in [1.807, 2.05) is 0 Å². The van der Waals surface area contributed by atoms with Gasteiger partial charge in [-0.15, -0.1) is 0 Å². The number of aromatic nitrogens is 1. The highest BCUT2D eigenvalue weighted by atomic mass is 32.2. The number of hydrogen-bond acceptors (Lipinski definition) is 4. The quantitative estimate of drug-likeness (QED) is 0.433. The number of amides is 1. The zero-order valence-electron chi connectivity index (χ0n) is 18.1. The summed E-state index contributed by atoms with van der Waals surface area (Å²) in [5.41, 5.74) is 0.145. The maximum atomic E-state index is 14.5. The first kappa shape index (κ1) is 24.1. The normalized spacial score (nSPS) is 14.9. The summed E-state index contributed by atoms with van der Waals surface area (Å²) in [4.78, 5) is 19.0. The Kier molecular flexibility index (Phi) is 7.11. The summed E-state index contributed by atoms with van der Waals surface area (Å²) in [6.45, 7) is 1.06. The number of carbonyl (C=O) groups is 1. The fraction of sp³-hybridized carbons (Fsp3) is 0.280. The molecule has 0 bridgehead atoms. The number of alkyl halides is 3. The van der Waals surface area contributed by atoms with Gasteiger partial charge in [-0.1, -0.05) is 17.8 Å². The molecule has 178 valence electrons. The van der Waals surface area contributed by atoms with Crippen LogP contribution in [0.5, 0.6) is 5.75 Å². The van der Waals surface area contributed by atoms with Gasteiger partial charge in [0.05, 0.1) is 5.56 Å². The Hall–Kier alpha value is -3.07. The Morgan fingerprint density at radius 2 is 1.85 bits per heavy atom. The number of pyridine rings is 1. The van der Waals surface area contributed by atoms with Crippen molar-refractivity contribution in [1.82, 2.24) is 9.88 Å². The fourth-order valence-corrected chi connectivity index (χ4v) is 4.88. The van der Waals surface area contributed by atoms with E-state index in [-0.39, 0.29) is 28.4 Å². The molecule has 1 saturated heterocycles. The molecule has 1 N–H and O–H groups in total. The van der Waals surface area contributed by atoms with Crippen LogP contribution in [0, 0.1) is 11.7 Å². The lowest BCUT2D eigenvalue weighted by Crippen LogP contribution is -2.38. The number of likely N-dealkylation sites (tertiary alicyclic amines) is 1. The van der Waals surface area contributed by atoms with E-state index in [1.54, 1.807) is 23.1 Å². The van der Waals surface area contributed by atoms with Crippen molar-refractivity contribution < 1.29 is 27.5 Å². The van der Waals surface area contributed by atoms with Gasteiger partial charge in [0.15, 0.2) is 0 Å². The molecule has 0 unspecified atom stereocenters. The number of rotatable bonds is 5. The van der Waals surface area contributed by atoms with Crippen LogP contribution in [0.1, 0.15) is 34.3 Å². The van der Waals surface area contributed by atoms with E-state index in [0.29, 0.717) is 48.4 Å². The van der Waals surface area contributed by atoms with Crippen molar-refractivity contribution in [3.05, 3.63) is 83.3 Å².